The van der Waals surface area contributed by atoms with Crippen molar-refractivity contribution in [2.45, 2.75) is 12.8 Å². The number of carbonyl (C=O) groups is 2. The summed E-state index contributed by atoms with van der Waals surface area (Å²) in [5, 5.41) is 2.70. The van der Waals surface area contributed by atoms with Gasteiger partial charge in [-0.1, -0.05) is 6.07 Å². The van der Waals surface area contributed by atoms with E-state index in [0.29, 0.717) is 44.7 Å². The molecule has 6 nitrogen and oxygen atoms in total. The minimum absolute atomic E-state index is 0.124. The monoisotopic (exact) mass is 397 g/mol. The van der Waals surface area contributed by atoms with Crippen LogP contribution in [0.5, 0.6) is 5.75 Å². The van der Waals surface area contributed by atoms with Crippen LogP contribution < -0.4 is 15.0 Å². The Morgan fingerprint density at radius 1 is 1.03 bits per heavy atom. The summed E-state index contributed by atoms with van der Waals surface area (Å²) in [6.07, 6.45) is 1.07. The van der Waals surface area contributed by atoms with Gasteiger partial charge in [0.1, 0.15) is 17.0 Å². The van der Waals surface area contributed by atoms with Crippen LogP contribution in [0.25, 0.3) is 0 Å². The summed E-state index contributed by atoms with van der Waals surface area (Å²) in [5.74, 6) is -0.0809. The van der Waals surface area contributed by atoms with E-state index in [2.05, 4.69) is 10.2 Å². The van der Waals surface area contributed by atoms with Crippen molar-refractivity contribution in [3.8, 4) is 5.75 Å². The van der Waals surface area contributed by atoms with Gasteiger partial charge in [-0.2, -0.15) is 0 Å². The molecule has 2 amide bonds. The van der Waals surface area contributed by atoms with Crippen molar-refractivity contribution in [2.75, 3.05) is 43.5 Å². The van der Waals surface area contributed by atoms with E-state index in [4.69, 9.17) is 4.74 Å². The first-order valence-electron chi connectivity index (χ1n) is 9.77. The first-order valence-corrected chi connectivity index (χ1v) is 9.77. The maximum Gasteiger partial charge on any atom is 0.240 e. The smallest absolute Gasteiger partial charge is 0.240 e. The largest absolute Gasteiger partial charge is 0.497 e. The summed E-state index contributed by atoms with van der Waals surface area (Å²) in [6.45, 7) is 2.55. The number of piperazine rings is 1. The second-order valence-electron chi connectivity index (χ2n) is 7.52. The van der Waals surface area contributed by atoms with Crippen LogP contribution in [0.1, 0.15) is 12.8 Å². The first-order chi connectivity index (χ1) is 14.0. The number of hydrogen-bond donors (Lipinski definition) is 1. The highest BCUT2D eigenvalue weighted by atomic mass is 19.1. The number of carbonyl (C=O) groups excluding carboxylic acids is 2. The summed E-state index contributed by atoms with van der Waals surface area (Å²) in [5.41, 5.74) is 0.454. The molecule has 4 rings (SSSR count). The number of halogens is 1. The van der Waals surface area contributed by atoms with Gasteiger partial charge in [0.2, 0.25) is 11.8 Å². The molecule has 0 bridgehead atoms. The molecule has 1 heterocycles. The first kappa shape index (κ1) is 19.2. The lowest BCUT2D eigenvalue weighted by Crippen LogP contribution is -2.52. The zero-order chi connectivity index (χ0) is 20.4. The van der Waals surface area contributed by atoms with Gasteiger partial charge >= 0.3 is 0 Å². The van der Waals surface area contributed by atoms with E-state index in [1.165, 1.54) is 18.2 Å². The quantitative estimate of drug-likeness (QED) is 0.788. The third-order valence-electron chi connectivity index (χ3n) is 5.68. The van der Waals surface area contributed by atoms with Gasteiger partial charge in [-0.3, -0.25) is 9.59 Å². The van der Waals surface area contributed by atoms with Gasteiger partial charge in [0.15, 0.2) is 0 Å². The molecule has 2 aromatic carbocycles. The van der Waals surface area contributed by atoms with Gasteiger partial charge in [-0.25, -0.2) is 4.39 Å². The lowest BCUT2D eigenvalue weighted by molar-refractivity contribution is -0.142. The SMILES string of the molecule is COc1ccc(N2CCN(C(=O)C3(C(=O)Nc4cccc(F)c4)CC3)CC2)cc1. The van der Waals surface area contributed by atoms with E-state index in [1.54, 1.807) is 18.1 Å². The van der Waals surface area contributed by atoms with Crippen LogP contribution in [-0.4, -0.2) is 50.0 Å². The Hall–Kier alpha value is -3.09. The number of nitrogens with one attached hydrogen (secondary N) is 1. The highest BCUT2D eigenvalue weighted by Crippen LogP contribution is 2.48. The Bertz CT molecular complexity index is 904. The molecule has 152 valence electrons. The van der Waals surface area contributed by atoms with E-state index in [9.17, 15) is 14.0 Å². The molecule has 2 aromatic rings. The van der Waals surface area contributed by atoms with Crippen LogP contribution in [0.3, 0.4) is 0 Å². The third kappa shape index (κ3) is 3.90. The van der Waals surface area contributed by atoms with E-state index in [0.717, 1.165) is 11.4 Å². The normalized spacial score (nSPS) is 17.6. The number of rotatable bonds is 5. The van der Waals surface area contributed by atoms with Crippen LogP contribution in [0, 0.1) is 11.2 Å². The molecule has 0 aromatic heterocycles. The highest BCUT2D eigenvalue weighted by Gasteiger charge is 2.58. The van der Waals surface area contributed by atoms with Gasteiger partial charge in [-0.05, 0) is 55.3 Å². The maximum atomic E-state index is 13.4. The molecular formula is C22H24FN3O3. The zero-order valence-electron chi connectivity index (χ0n) is 16.4. The summed E-state index contributed by atoms with van der Waals surface area (Å²) in [7, 11) is 1.64. The van der Waals surface area contributed by atoms with Crippen LogP contribution in [0.15, 0.2) is 48.5 Å². The Balaban J connectivity index is 1.36. The predicted molar refractivity (Wildman–Crippen MR) is 108 cm³/mol. The zero-order valence-corrected chi connectivity index (χ0v) is 16.4. The van der Waals surface area contributed by atoms with Gasteiger partial charge in [0.05, 0.1) is 7.11 Å². The molecule has 2 aliphatic rings. The average Bonchev–Trinajstić information content (AvgIpc) is 3.56. The van der Waals surface area contributed by atoms with Crippen molar-refractivity contribution in [1.82, 2.24) is 4.90 Å². The summed E-state index contributed by atoms with van der Waals surface area (Å²) in [6, 6.07) is 13.6. The van der Waals surface area contributed by atoms with Crippen molar-refractivity contribution in [1.29, 1.82) is 0 Å². The molecular weight excluding hydrogens is 373 g/mol. The van der Waals surface area contributed by atoms with Crippen molar-refractivity contribution >= 4 is 23.2 Å². The Morgan fingerprint density at radius 3 is 2.31 bits per heavy atom. The molecule has 0 spiro atoms. The number of benzene rings is 2. The molecule has 0 radical (unpaired) electrons. The average molecular weight is 397 g/mol. The van der Waals surface area contributed by atoms with E-state index in [1.807, 2.05) is 24.3 Å². The molecule has 0 atom stereocenters. The van der Waals surface area contributed by atoms with Crippen molar-refractivity contribution in [3.63, 3.8) is 0 Å². The van der Waals surface area contributed by atoms with Gasteiger partial charge < -0.3 is 19.9 Å². The van der Waals surface area contributed by atoms with Crippen molar-refractivity contribution in [3.05, 3.63) is 54.3 Å². The molecule has 1 saturated carbocycles. The lowest BCUT2D eigenvalue weighted by Gasteiger charge is -2.37. The fourth-order valence-corrected chi connectivity index (χ4v) is 3.74. The number of anilines is 2. The van der Waals surface area contributed by atoms with Gasteiger partial charge in [-0.15, -0.1) is 0 Å². The minimum Gasteiger partial charge on any atom is -0.497 e. The number of hydrogen-bond acceptors (Lipinski definition) is 4. The second-order valence-corrected chi connectivity index (χ2v) is 7.52. The van der Waals surface area contributed by atoms with E-state index in [-0.39, 0.29) is 11.8 Å². The molecule has 29 heavy (non-hydrogen) atoms. The van der Waals surface area contributed by atoms with Crippen LogP contribution in [-0.2, 0) is 9.59 Å². The van der Waals surface area contributed by atoms with Gasteiger partial charge in [0.25, 0.3) is 0 Å². The Kier molecular flexibility index (Phi) is 5.13. The number of ether oxygens (including phenoxy) is 1. The third-order valence-corrected chi connectivity index (χ3v) is 5.68. The van der Waals surface area contributed by atoms with Gasteiger partial charge in [0, 0.05) is 37.6 Å². The Morgan fingerprint density at radius 2 is 1.72 bits per heavy atom. The van der Waals surface area contributed by atoms with Crippen LogP contribution in [0.2, 0.25) is 0 Å². The molecule has 1 saturated heterocycles. The number of nitrogens with zero attached hydrogens (tertiary/aromatic N) is 2. The van der Waals surface area contributed by atoms with E-state index >= 15 is 0 Å². The number of amides is 2. The maximum absolute atomic E-state index is 13.4. The molecule has 2 fully saturated rings. The Labute approximate surface area is 169 Å². The van der Waals surface area contributed by atoms with Crippen LogP contribution in [0.4, 0.5) is 15.8 Å². The van der Waals surface area contributed by atoms with E-state index < -0.39 is 11.2 Å². The summed E-state index contributed by atoms with van der Waals surface area (Å²) in [4.78, 5) is 29.8. The highest BCUT2D eigenvalue weighted by molar-refractivity contribution is 6.13. The summed E-state index contributed by atoms with van der Waals surface area (Å²) >= 11 is 0. The molecule has 0 unspecified atom stereocenters. The number of methoxy groups -OCH3 is 1. The molecule has 1 aliphatic heterocycles. The van der Waals surface area contributed by atoms with Crippen molar-refractivity contribution in [2.24, 2.45) is 5.41 Å². The fourth-order valence-electron chi connectivity index (χ4n) is 3.74. The minimum atomic E-state index is -1.01. The summed E-state index contributed by atoms with van der Waals surface area (Å²) < 4.78 is 18.6. The van der Waals surface area contributed by atoms with Crippen LogP contribution >= 0.6 is 0 Å². The predicted octanol–water partition coefficient (Wildman–Crippen LogP) is 2.90. The topological polar surface area (TPSA) is 61.9 Å². The molecule has 1 aliphatic carbocycles. The van der Waals surface area contributed by atoms with Crippen molar-refractivity contribution < 1.29 is 18.7 Å². The lowest BCUT2D eigenvalue weighted by atomic mass is 10.0. The fraction of sp³-hybridized carbons (Fsp3) is 0.364. The second kappa shape index (κ2) is 7.73. The molecule has 1 N–H and O–H groups in total. The standard InChI is InChI=1S/C22H24FN3O3/c1-29-19-7-5-18(6-8-19)25-11-13-26(14-12-25)21(28)22(9-10-22)20(27)24-17-4-2-3-16(23)15-17/h2-8,15H,9-14H2,1H3,(H,24,27). The molecule has 7 heteroatoms.